The van der Waals surface area contributed by atoms with Crippen LogP contribution in [0.2, 0.25) is 5.02 Å². The van der Waals surface area contributed by atoms with Gasteiger partial charge in [-0.2, -0.15) is 18.3 Å². The fraction of sp³-hybridized carbons (Fsp3) is 0.261. The molecule has 0 unspecified atom stereocenters. The van der Waals surface area contributed by atoms with Gasteiger partial charge in [0.2, 0.25) is 0 Å². The van der Waals surface area contributed by atoms with Crippen molar-refractivity contribution >= 4 is 34.5 Å². The fourth-order valence-electron chi connectivity index (χ4n) is 4.01. The van der Waals surface area contributed by atoms with Crippen molar-refractivity contribution in [3.63, 3.8) is 0 Å². The number of carbonyl (C=O) groups excluding carboxylic acids is 1. The van der Waals surface area contributed by atoms with Gasteiger partial charge in [-0.15, -0.1) is 11.3 Å². The van der Waals surface area contributed by atoms with E-state index in [9.17, 15) is 22.4 Å². The summed E-state index contributed by atoms with van der Waals surface area (Å²) in [6.07, 6.45) is -4.73. The van der Waals surface area contributed by atoms with E-state index in [1.165, 1.54) is 22.3 Å². The molecule has 1 saturated heterocycles. The zero-order valence-corrected chi connectivity index (χ0v) is 19.7. The Kier molecular flexibility index (Phi) is 6.24. The molecule has 0 atom stereocenters. The second kappa shape index (κ2) is 9.21. The molecule has 12 heteroatoms. The van der Waals surface area contributed by atoms with Gasteiger partial charge < -0.3 is 4.90 Å². The maximum atomic E-state index is 13.9. The first-order valence-electron chi connectivity index (χ1n) is 10.7. The summed E-state index contributed by atoms with van der Waals surface area (Å²) >= 11 is 7.61. The Bertz CT molecular complexity index is 1380. The predicted octanol–water partition coefficient (Wildman–Crippen LogP) is 5.23. The lowest BCUT2D eigenvalue weighted by atomic mass is 10.2. The van der Waals surface area contributed by atoms with E-state index in [2.05, 4.69) is 10.1 Å². The van der Waals surface area contributed by atoms with Gasteiger partial charge in [-0.05, 0) is 23.6 Å². The average Bonchev–Trinajstić information content (AvgIpc) is 3.48. The minimum Gasteiger partial charge on any atom is -0.335 e. The van der Waals surface area contributed by atoms with Gasteiger partial charge in [-0.1, -0.05) is 35.9 Å². The normalized spacial score (nSPS) is 15.2. The number of amides is 1. The van der Waals surface area contributed by atoms with E-state index in [0.29, 0.717) is 47.7 Å². The summed E-state index contributed by atoms with van der Waals surface area (Å²) in [7, 11) is 0. The number of hydrogen-bond acceptors (Lipinski definition) is 5. The van der Waals surface area contributed by atoms with Gasteiger partial charge >= 0.3 is 6.18 Å². The molecular formula is C23H18ClF4N5OS. The van der Waals surface area contributed by atoms with Crippen molar-refractivity contribution < 1.29 is 22.4 Å². The van der Waals surface area contributed by atoms with Crippen molar-refractivity contribution in [2.45, 2.75) is 12.7 Å². The molecule has 1 amide bonds. The SMILES string of the molecule is O=C(c1nn2c(C(F)(F)F)cc(-c3cccs3)nc2c1Cl)N1CCN(Cc2ccccc2F)CC1. The zero-order chi connectivity index (χ0) is 24.7. The van der Waals surface area contributed by atoms with E-state index in [1.807, 2.05) is 4.90 Å². The highest BCUT2D eigenvalue weighted by Gasteiger charge is 2.37. The summed E-state index contributed by atoms with van der Waals surface area (Å²) in [6.45, 7) is 1.95. The summed E-state index contributed by atoms with van der Waals surface area (Å²) in [5.74, 6) is -0.866. The van der Waals surface area contributed by atoms with Gasteiger partial charge in [0.1, 0.15) is 10.8 Å². The fourth-order valence-corrected chi connectivity index (χ4v) is 4.93. The molecule has 182 valence electrons. The molecule has 0 aliphatic carbocycles. The summed E-state index contributed by atoms with van der Waals surface area (Å²) < 4.78 is 56.0. The molecule has 1 aliphatic heterocycles. The molecule has 1 fully saturated rings. The van der Waals surface area contributed by atoms with Crippen LogP contribution in [-0.2, 0) is 12.7 Å². The Morgan fingerprint density at radius 3 is 2.49 bits per heavy atom. The number of rotatable bonds is 4. The van der Waals surface area contributed by atoms with Crippen molar-refractivity contribution in [2.75, 3.05) is 26.2 Å². The van der Waals surface area contributed by atoms with E-state index in [4.69, 9.17) is 11.6 Å². The topological polar surface area (TPSA) is 53.7 Å². The van der Waals surface area contributed by atoms with Crippen LogP contribution in [0.5, 0.6) is 0 Å². The molecule has 4 heterocycles. The molecule has 6 nitrogen and oxygen atoms in total. The first-order chi connectivity index (χ1) is 16.7. The Morgan fingerprint density at radius 1 is 1.09 bits per heavy atom. The highest BCUT2D eigenvalue weighted by atomic mass is 35.5. The van der Waals surface area contributed by atoms with Crippen LogP contribution in [0.4, 0.5) is 17.6 Å². The Balaban J connectivity index is 1.40. The van der Waals surface area contributed by atoms with Crippen molar-refractivity contribution in [1.29, 1.82) is 0 Å². The third-order valence-corrected chi connectivity index (χ3v) is 7.05. The smallest absolute Gasteiger partial charge is 0.335 e. The maximum Gasteiger partial charge on any atom is 0.433 e. The van der Waals surface area contributed by atoms with Gasteiger partial charge in [0.15, 0.2) is 17.0 Å². The number of fused-ring (bicyclic) bond motifs is 1. The summed E-state index contributed by atoms with van der Waals surface area (Å²) in [5, 5.41) is 5.43. The van der Waals surface area contributed by atoms with Crippen LogP contribution < -0.4 is 0 Å². The minimum atomic E-state index is -4.73. The number of halogens is 5. The number of benzene rings is 1. The monoisotopic (exact) mass is 523 g/mol. The number of thiophene rings is 1. The van der Waals surface area contributed by atoms with Gasteiger partial charge in [0.05, 0.1) is 10.6 Å². The number of nitrogens with zero attached hydrogens (tertiary/aromatic N) is 5. The molecule has 1 aromatic carbocycles. The third-order valence-electron chi connectivity index (χ3n) is 5.81. The van der Waals surface area contributed by atoms with Crippen LogP contribution >= 0.6 is 22.9 Å². The number of aromatic nitrogens is 3. The Morgan fingerprint density at radius 2 is 1.83 bits per heavy atom. The summed E-state index contributed by atoms with van der Waals surface area (Å²) in [6, 6.07) is 10.7. The molecule has 3 aromatic heterocycles. The summed E-state index contributed by atoms with van der Waals surface area (Å²) in [5.41, 5.74) is -0.922. The van der Waals surface area contributed by atoms with Gasteiger partial charge in [-0.25, -0.2) is 13.9 Å². The van der Waals surface area contributed by atoms with Crippen LogP contribution in [-0.4, -0.2) is 56.5 Å². The third kappa shape index (κ3) is 4.63. The predicted molar refractivity (Wildman–Crippen MR) is 124 cm³/mol. The second-order valence-electron chi connectivity index (χ2n) is 8.06. The Hall–Kier alpha value is -3.02. The maximum absolute atomic E-state index is 13.9. The highest BCUT2D eigenvalue weighted by molar-refractivity contribution is 7.13. The number of alkyl halides is 3. The quantitative estimate of drug-likeness (QED) is 0.344. The van der Waals surface area contributed by atoms with E-state index in [-0.39, 0.29) is 27.9 Å². The molecule has 0 N–H and O–H groups in total. The molecule has 0 spiro atoms. The van der Waals surface area contributed by atoms with Crippen molar-refractivity contribution in [3.05, 3.63) is 75.6 Å². The van der Waals surface area contributed by atoms with Crippen molar-refractivity contribution in [3.8, 4) is 10.6 Å². The van der Waals surface area contributed by atoms with E-state index < -0.39 is 17.8 Å². The molecule has 0 saturated carbocycles. The van der Waals surface area contributed by atoms with Crippen LogP contribution in [0.3, 0.4) is 0 Å². The van der Waals surface area contributed by atoms with E-state index in [0.717, 1.165) is 6.07 Å². The van der Waals surface area contributed by atoms with Crippen LogP contribution in [0.15, 0.2) is 47.8 Å². The lowest BCUT2D eigenvalue weighted by molar-refractivity contribution is -0.142. The van der Waals surface area contributed by atoms with Crippen LogP contribution in [0.25, 0.3) is 16.2 Å². The van der Waals surface area contributed by atoms with Crippen LogP contribution in [0, 0.1) is 5.82 Å². The molecule has 35 heavy (non-hydrogen) atoms. The standard InChI is InChI=1S/C23H18ClF4N5OS/c24-19-20(22(34)32-9-7-31(8-10-32)13-14-4-1-2-5-15(14)25)30-33-18(23(26,27)28)12-16(29-21(19)33)17-6-3-11-35-17/h1-6,11-12H,7-10,13H2. The molecule has 1 aliphatic rings. The van der Waals surface area contributed by atoms with Crippen molar-refractivity contribution in [1.82, 2.24) is 24.4 Å². The lowest BCUT2D eigenvalue weighted by Gasteiger charge is -2.34. The van der Waals surface area contributed by atoms with E-state index in [1.54, 1.807) is 35.7 Å². The molecule has 5 rings (SSSR count). The van der Waals surface area contributed by atoms with Crippen LogP contribution in [0.1, 0.15) is 21.7 Å². The van der Waals surface area contributed by atoms with Crippen molar-refractivity contribution in [2.24, 2.45) is 0 Å². The second-order valence-corrected chi connectivity index (χ2v) is 9.39. The number of carbonyl (C=O) groups is 1. The first-order valence-corrected chi connectivity index (χ1v) is 11.9. The van der Waals surface area contributed by atoms with Gasteiger partial charge in [0, 0.05) is 38.3 Å². The summed E-state index contributed by atoms with van der Waals surface area (Å²) in [4.78, 5) is 21.5. The Labute approximate surface area is 206 Å². The zero-order valence-electron chi connectivity index (χ0n) is 18.1. The molecule has 0 bridgehead atoms. The molecule has 0 radical (unpaired) electrons. The van der Waals surface area contributed by atoms with E-state index >= 15 is 0 Å². The van der Waals surface area contributed by atoms with Gasteiger partial charge in [-0.3, -0.25) is 9.69 Å². The molecular weight excluding hydrogens is 506 g/mol. The number of piperazine rings is 1. The first kappa shape index (κ1) is 23.7. The van der Waals surface area contributed by atoms with Gasteiger partial charge in [0.25, 0.3) is 5.91 Å². The number of hydrogen-bond donors (Lipinski definition) is 0. The largest absolute Gasteiger partial charge is 0.433 e. The minimum absolute atomic E-state index is 0.0994. The molecule has 4 aromatic rings. The highest BCUT2D eigenvalue weighted by Crippen LogP contribution is 2.35. The lowest BCUT2D eigenvalue weighted by Crippen LogP contribution is -2.48. The average molecular weight is 524 g/mol.